The lowest BCUT2D eigenvalue weighted by Gasteiger charge is -2.06. The maximum Gasteiger partial charge on any atom is 0.253 e. The van der Waals surface area contributed by atoms with Gasteiger partial charge in [-0.2, -0.15) is 5.10 Å². The van der Waals surface area contributed by atoms with Gasteiger partial charge in [0.1, 0.15) is 15.8 Å². The van der Waals surface area contributed by atoms with Crippen molar-refractivity contribution < 1.29 is 9.18 Å². The molecule has 136 valence electrons. The summed E-state index contributed by atoms with van der Waals surface area (Å²) in [7, 11) is 0. The van der Waals surface area contributed by atoms with E-state index >= 15 is 0 Å². The molecule has 0 unspecified atom stereocenters. The van der Waals surface area contributed by atoms with Gasteiger partial charge in [0.2, 0.25) is 0 Å². The number of amides is 1. The highest BCUT2D eigenvalue weighted by atomic mass is 32.1. The van der Waals surface area contributed by atoms with Crippen LogP contribution in [0.15, 0.2) is 42.9 Å². The van der Waals surface area contributed by atoms with E-state index in [1.165, 1.54) is 29.7 Å². The van der Waals surface area contributed by atoms with E-state index in [2.05, 4.69) is 25.6 Å². The number of carbonyl (C=O) groups excluding carboxylic acids is 1. The molecule has 3 heterocycles. The fourth-order valence-electron chi connectivity index (χ4n) is 2.66. The zero-order valence-corrected chi connectivity index (χ0v) is 15.2. The zero-order valence-electron chi connectivity index (χ0n) is 14.4. The monoisotopic (exact) mass is 382 g/mol. The second-order valence-electron chi connectivity index (χ2n) is 5.78. The Morgan fingerprint density at radius 2 is 1.93 bits per heavy atom. The quantitative estimate of drug-likeness (QED) is 0.574. The summed E-state index contributed by atoms with van der Waals surface area (Å²) >= 11 is 1.48. The largest absolute Gasteiger partial charge is 0.345 e. The molecule has 0 aliphatic carbocycles. The molecule has 9 heteroatoms. The van der Waals surface area contributed by atoms with Crippen molar-refractivity contribution in [2.24, 2.45) is 0 Å². The van der Waals surface area contributed by atoms with E-state index in [9.17, 15) is 9.18 Å². The van der Waals surface area contributed by atoms with Crippen molar-refractivity contribution in [3.05, 3.63) is 64.3 Å². The number of aromatic nitrogens is 5. The van der Waals surface area contributed by atoms with Gasteiger partial charge in [0.25, 0.3) is 5.91 Å². The van der Waals surface area contributed by atoms with Crippen molar-refractivity contribution >= 4 is 28.1 Å². The molecule has 0 aliphatic heterocycles. The van der Waals surface area contributed by atoms with Crippen molar-refractivity contribution in [1.29, 1.82) is 0 Å². The summed E-state index contributed by atoms with van der Waals surface area (Å²) in [6.45, 7) is 2.31. The smallest absolute Gasteiger partial charge is 0.253 e. The van der Waals surface area contributed by atoms with Gasteiger partial charge < -0.3 is 5.32 Å². The molecular weight excluding hydrogens is 367 g/mol. The number of hydrogen-bond donors (Lipinski definition) is 1. The highest BCUT2D eigenvalue weighted by Crippen LogP contribution is 2.21. The van der Waals surface area contributed by atoms with E-state index in [0.717, 1.165) is 16.4 Å². The van der Waals surface area contributed by atoms with Crippen LogP contribution in [0.4, 0.5) is 4.39 Å². The Kier molecular flexibility index (Phi) is 4.59. The zero-order chi connectivity index (χ0) is 18.8. The van der Waals surface area contributed by atoms with Crippen LogP contribution in [0.2, 0.25) is 0 Å². The fraction of sp³-hybridized carbons (Fsp3) is 0.167. The predicted molar refractivity (Wildman–Crippen MR) is 99.3 cm³/mol. The van der Waals surface area contributed by atoms with Gasteiger partial charge >= 0.3 is 0 Å². The first-order chi connectivity index (χ1) is 13.2. The molecule has 0 spiro atoms. The molecule has 0 aliphatic rings. The van der Waals surface area contributed by atoms with Crippen LogP contribution in [0, 0.1) is 5.82 Å². The van der Waals surface area contributed by atoms with Crippen LogP contribution in [-0.4, -0.2) is 30.9 Å². The fourth-order valence-corrected chi connectivity index (χ4v) is 3.39. The second kappa shape index (κ2) is 7.20. The first kappa shape index (κ1) is 17.2. The number of nitrogens with one attached hydrogen (secondary N) is 1. The summed E-state index contributed by atoms with van der Waals surface area (Å²) < 4.78 is 14.8. The van der Waals surface area contributed by atoms with Crippen LogP contribution in [0.25, 0.3) is 16.6 Å². The first-order valence-corrected chi connectivity index (χ1v) is 9.14. The molecule has 0 fully saturated rings. The molecular formula is C18H15FN6OS. The maximum absolute atomic E-state index is 13.2. The van der Waals surface area contributed by atoms with Gasteiger partial charge in [-0.25, -0.2) is 9.07 Å². The summed E-state index contributed by atoms with van der Waals surface area (Å²) in [5.74, 6) is -0.587. The molecule has 4 rings (SSSR count). The molecule has 0 saturated heterocycles. The lowest BCUT2D eigenvalue weighted by molar-refractivity contribution is 0.0952. The number of aryl methyl sites for hydroxylation is 1. The number of rotatable bonds is 5. The second-order valence-corrected chi connectivity index (χ2v) is 6.93. The molecule has 27 heavy (non-hydrogen) atoms. The lowest BCUT2D eigenvalue weighted by atomic mass is 10.2. The van der Waals surface area contributed by atoms with E-state index in [1.807, 2.05) is 6.92 Å². The van der Waals surface area contributed by atoms with Crippen molar-refractivity contribution in [3.63, 3.8) is 0 Å². The Bertz CT molecular complexity index is 1100. The minimum atomic E-state index is -0.323. The normalized spacial score (nSPS) is 11.0. The van der Waals surface area contributed by atoms with E-state index in [0.29, 0.717) is 28.7 Å². The van der Waals surface area contributed by atoms with Crippen molar-refractivity contribution in [2.75, 3.05) is 0 Å². The van der Waals surface area contributed by atoms with E-state index < -0.39 is 0 Å². The van der Waals surface area contributed by atoms with Gasteiger partial charge in [-0.1, -0.05) is 18.3 Å². The van der Waals surface area contributed by atoms with Crippen molar-refractivity contribution in [2.45, 2.75) is 19.9 Å². The van der Waals surface area contributed by atoms with Gasteiger partial charge in [-0.05, 0) is 30.7 Å². The Morgan fingerprint density at radius 1 is 1.15 bits per heavy atom. The highest BCUT2D eigenvalue weighted by Gasteiger charge is 2.15. The summed E-state index contributed by atoms with van der Waals surface area (Å²) in [6, 6.07) is 5.96. The molecule has 0 saturated carbocycles. The highest BCUT2D eigenvalue weighted by molar-refractivity contribution is 7.11. The van der Waals surface area contributed by atoms with Crippen LogP contribution in [0.3, 0.4) is 0 Å². The molecule has 3 aromatic heterocycles. The number of carbonyl (C=O) groups is 1. The standard InChI is InChI=1S/C18H15FN6OS/c1-2-16-23-24-17(27-16)10-21-18(26)14-7-20-9-15-13(14)8-22-25(15)12-5-3-11(19)4-6-12/h3-9H,2,10H2,1H3,(H,21,26). The third-order valence-electron chi connectivity index (χ3n) is 4.02. The van der Waals surface area contributed by atoms with Crippen molar-refractivity contribution in [3.8, 4) is 5.69 Å². The molecule has 7 nitrogen and oxygen atoms in total. The Hall–Kier alpha value is -3.20. The van der Waals surface area contributed by atoms with Gasteiger partial charge in [-0.3, -0.25) is 9.78 Å². The number of pyridine rings is 1. The Morgan fingerprint density at radius 3 is 2.67 bits per heavy atom. The van der Waals surface area contributed by atoms with Crippen LogP contribution in [0.1, 0.15) is 27.3 Å². The number of halogens is 1. The molecule has 1 amide bonds. The third-order valence-corrected chi connectivity index (χ3v) is 5.09. The summed E-state index contributed by atoms with van der Waals surface area (Å²) in [5.41, 5.74) is 1.77. The van der Waals surface area contributed by atoms with E-state index in [4.69, 9.17) is 0 Å². The molecule has 0 atom stereocenters. The van der Waals surface area contributed by atoms with Crippen molar-refractivity contribution in [1.82, 2.24) is 30.3 Å². The first-order valence-electron chi connectivity index (χ1n) is 8.33. The minimum absolute atomic E-state index is 0.264. The molecule has 1 aromatic carbocycles. The number of benzene rings is 1. The Balaban J connectivity index is 1.60. The van der Waals surface area contributed by atoms with Gasteiger partial charge in [-0.15, -0.1) is 10.2 Å². The molecule has 0 radical (unpaired) electrons. The van der Waals surface area contributed by atoms with Crippen LogP contribution in [0.5, 0.6) is 0 Å². The topological polar surface area (TPSA) is 85.6 Å². The number of fused-ring (bicyclic) bond motifs is 1. The van der Waals surface area contributed by atoms with Crippen LogP contribution < -0.4 is 5.32 Å². The van der Waals surface area contributed by atoms with Crippen LogP contribution >= 0.6 is 11.3 Å². The molecule has 4 aromatic rings. The molecule has 1 N–H and O–H groups in total. The Labute approximate surface area is 157 Å². The van der Waals surface area contributed by atoms with Gasteiger partial charge in [0.05, 0.1) is 35.7 Å². The van der Waals surface area contributed by atoms with Gasteiger partial charge in [0.15, 0.2) is 0 Å². The number of hydrogen-bond acceptors (Lipinski definition) is 6. The molecule has 0 bridgehead atoms. The summed E-state index contributed by atoms with van der Waals surface area (Å²) in [5, 5.41) is 17.6. The average molecular weight is 382 g/mol. The van der Waals surface area contributed by atoms with Gasteiger partial charge in [0, 0.05) is 11.6 Å². The lowest BCUT2D eigenvalue weighted by Crippen LogP contribution is -2.23. The van der Waals surface area contributed by atoms with Crippen LogP contribution in [-0.2, 0) is 13.0 Å². The SMILES string of the molecule is CCc1nnc(CNC(=O)c2cncc3c2cnn3-c2ccc(F)cc2)s1. The summed E-state index contributed by atoms with van der Waals surface area (Å²) in [6.07, 6.45) is 5.56. The predicted octanol–water partition coefficient (Wildman–Crippen LogP) is 2.90. The minimum Gasteiger partial charge on any atom is -0.345 e. The average Bonchev–Trinajstić information content (AvgIpc) is 3.33. The van der Waals surface area contributed by atoms with E-state index in [-0.39, 0.29) is 11.7 Å². The van der Waals surface area contributed by atoms with E-state index in [1.54, 1.807) is 29.2 Å². The third kappa shape index (κ3) is 3.41. The number of nitrogens with zero attached hydrogens (tertiary/aromatic N) is 5. The maximum atomic E-state index is 13.2. The summed E-state index contributed by atoms with van der Waals surface area (Å²) in [4.78, 5) is 16.8.